The maximum absolute atomic E-state index is 14.2. The number of anilines is 1. The number of nitrogens with one attached hydrogen (secondary N) is 2. The van der Waals surface area contributed by atoms with E-state index in [2.05, 4.69) is 20.3 Å². The van der Waals surface area contributed by atoms with Crippen LogP contribution in [0.1, 0.15) is 5.56 Å². The zero-order valence-electron chi connectivity index (χ0n) is 14.5. The molecule has 144 valence electrons. The van der Waals surface area contributed by atoms with E-state index in [4.69, 9.17) is 5.11 Å². The second-order valence-corrected chi connectivity index (χ2v) is 8.26. The van der Waals surface area contributed by atoms with Crippen molar-refractivity contribution in [3.05, 3.63) is 35.9 Å². The molecule has 2 aromatic heterocycles. The molecule has 3 aromatic rings. The first-order valence-corrected chi connectivity index (χ1v) is 10.2. The fourth-order valence-corrected chi connectivity index (χ4v) is 3.97. The van der Waals surface area contributed by atoms with Gasteiger partial charge in [-0.25, -0.2) is 14.4 Å². The summed E-state index contributed by atoms with van der Waals surface area (Å²) in [5.74, 6) is -0.423. The Kier molecular flexibility index (Phi) is 5.35. The summed E-state index contributed by atoms with van der Waals surface area (Å²) in [5, 5.41) is 12.5. The van der Waals surface area contributed by atoms with Crippen molar-refractivity contribution < 1.29 is 22.7 Å². The summed E-state index contributed by atoms with van der Waals surface area (Å²) in [4.78, 5) is 10.6. The third-order valence-electron chi connectivity index (χ3n) is 3.97. The number of aliphatic hydroxyl groups excluding tert-OH is 1. The standard InChI is InChI=1S/C17H17F4N4OP/c1-27(2)15-12(18)4-3-9-10(7-23-14(9)15)13-11(17(19,20)21)8-24-16(25-13)22-5-6-26/h3-4,7-8,23,26H,5-6H2,1-2H3,(H,22,24,25). The van der Waals surface area contributed by atoms with Crippen LogP contribution < -0.4 is 10.6 Å². The number of H-pyrrole nitrogens is 1. The maximum Gasteiger partial charge on any atom is 0.419 e. The highest BCUT2D eigenvalue weighted by Gasteiger charge is 2.36. The van der Waals surface area contributed by atoms with Crippen LogP contribution in [0.4, 0.5) is 23.5 Å². The van der Waals surface area contributed by atoms with Crippen LogP contribution in [0.3, 0.4) is 0 Å². The van der Waals surface area contributed by atoms with Gasteiger partial charge < -0.3 is 15.4 Å². The van der Waals surface area contributed by atoms with E-state index in [1.54, 1.807) is 0 Å². The number of aromatic amines is 1. The second kappa shape index (κ2) is 7.40. The van der Waals surface area contributed by atoms with Gasteiger partial charge in [-0.05, 0) is 25.5 Å². The van der Waals surface area contributed by atoms with Crippen molar-refractivity contribution in [2.75, 3.05) is 31.8 Å². The Bertz CT molecular complexity index is 971. The van der Waals surface area contributed by atoms with Crippen LogP contribution in [0.25, 0.3) is 22.2 Å². The van der Waals surface area contributed by atoms with E-state index in [1.165, 1.54) is 18.3 Å². The van der Waals surface area contributed by atoms with E-state index >= 15 is 0 Å². The molecule has 5 nitrogen and oxygen atoms in total. The van der Waals surface area contributed by atoms with Crippen molar-refractivity contribution >= 4 is 30.1 Å². The van der Waals surface area contributed by atoms with Crippen LogP contribution in [-0.4, -0.2) is 46.5 Å². The lowest BCUT2D eigenvalue weighted by Crippen LogP contribution is -2.13. The molecule has 2 heterocycles. The molecule has 0 saturated heterocycles. The van der Waals surface area contributed by atoms with E-state index in [9.17, 15) is 17.6 Å². The summed E-state index contributed by atoms with van der Waals surface area (Å²) in [7, 11) is -0.818. The van der Waals surface area contributed by atoms with Gasteiger partial charge in [-0.3, -0.25) is 0 Å². The Labute approximate surface area is 153 Å². The lowest BCUT2D eigenvalue weighted by molar-refractivity contribution is -0.137. The van der Waals surface area contributed by atoms with E-state index in [1.807, 2.05) is 13.3 Å². The number of aromatic nitrogens is 3. The minimum Gasteiger partial charge on any atom is -0.395 e. The zero-order valence-corrected chi connectivity index (χ0v) is 15.4. The largest absolute Gasteiger partial charge is 0.419 e. The Morgan fingerprint density at radius 1 is 1.26 bits per heavy atom. The summed E-state index contributed by atoms with van der Waals surface area (Å²) in [6.45, 7) is 3.63. The first-order chi connectivity index (χ1) is 12.7. The minimum atomic E-state index is -4.65. The highest BCUT2D eigenvalue weighted by Crippen LogP contribution is 2.40. The topological polar surface area (TPSA) is 73.8 Å². The molecular formula is C17H17F4N4OP. The number of halogens is 4. The summed E-state index contributed by atoms with van der Waals surface area (Å²) in [6, 6.07) is 2.71. The number of hydrogen-bond acceptors (Lipinski definition) is 4. The highest BCUT2D eigenvalue weighted by atomic mass is 31.1. The number of benzene rings is 1. The minimum absolute atomic E-state index is 0.0306. The quantitative estimate of drug-likeness (QED) is 0.452. The summed E-state index contributed by atoms with van der Waals surface area (Å²) in [6.07, 6.45) is -2.54. The van der Waals surface area contributed by atoms with Crippen LogP contribution in [0, 0.1) is 5.82 Å². The van der Waals surface area contributed by atoms with Crippen LogP contribution in [0.5, 0.6) is 0 Å². The molecule has 0 aliphatic rings. The molecule has 0 fully saturated rings. The fraction of sp³-hybridized carbons (Fsp3) is 0.294. The summed E-state index contributed by atoms with van der Waals surface area (Å²) in [5.41, 5.74) is -0.611. The van der Waals surface area contributed by atoms with Crippen molar-refractivity contribution in [2.24, 2.45) is 0 Å². The summed E-state index contributed by atoms with van der Waals surface area (Å²) < 4.78 is 54.7. The molecule has 10 heteroatoms. The van der Waals surface area contributed by atoms with E-state index in [0.29, 0.717) is 22.4 Å². The molecule has 0 atom stereocenters. The van der Waals surface area contributed by atoms with Crippen LogP contribution in [-0.2, 0) is 6.18 Å². The smallest absolute Gasteiger partial charge is 0.395 e. The SMILES string of the molecule is CP(C)c1c(F)ccc2c(-c3nc(NCCO)ncc3C(F)(F)F)c[nH]c12. The molecule has 27 heavy (non-hydrogen) atoms. The second-order valence-electron chi connectivity index (χ2n) is 6.02. The molecular weight excluding hydrogens is 383 g/mol. The molecule has 3 N–H and O–H groups in total. The Balaban J connectivity index is 2.24. The third kappa shape index (κ3) is 3.75. The van der Waals surface area contributed by atoms with E-state index < -0.39 is 25.5 Å². The third-order valence-corrected chi connectivity index (χ3v) is 5.30. The van der Waals surface area contributed by atoms with Gasteiger partial charge in [0.05, 0.1) is 17.8 Å². The van der Waals surface area contributed by atoms with Gasteiger partial charge in [-0.2, -0.15) is 13.2 Å². The van der Waals surface area contributed by atoms with Crippen LogP contribution in [0.2, 0.25) is 0 Å². The lowest BCUT2D eigenvalue weighted by Gasteiger charge is -2.13. The average Bonchev–Trinajstić information content (AvgIpc) is 3.02. The average molecular weight is 400 g/mol. The first-order valence-electron chi connectivity index (χ1n) is 8.00. The number of rotatable bonds is 5. The van der Waals surface area contributed by atoms with Gasteiger partial charge in [0.2, 0.25) is 5.95 Å². The Morgan fingerprint density at radius 3 is 2.63 bits per heavy atom. The number of aliphatic hydroxyl groups is 1. The van der Waals surface area contributed by atoms with Gasteiger partial charge >= 0.3 is 6.18 Å². The number of fused-ring (bicyclic) bond motifs is 1. The van der Waals surface area contributed by atoms with Gasteiger partial charge in [0.15, 0.2) is 0 Å². The van der Waals surface area contributed by atoms with Crippen molar-refractivity contribution in [3.63, 3.8) is 0 Å². The molecule has 0 aliphatic carbocycles. The van der Waals surface area contributed by atoms with Gasteiger partial charge in [-0.1, -0.05) is 7.92 Å². The van der Waals surface area contributed by atoms with Gasteiger partial charge in [0.1, 0.15) is 11.4 Å². The van der Waals surface area contributed by atoms with Crippen LogP contribution >= 0.6 is 7.92 Å². The van der Waals surface area contributed by atoms with Crippen molar-refractivity contribution in [3.8, 4) is 11.3 Å². The van der Waals surface area contributed by atoms with Crippen molar-refractivity contribution in [1.82, 2.24) is 15.0 Å². The first kappa shape index (κ1) is 19.5. The monoisotopic (exact) mass is 400 g/mol. The van der Waals surface area contributed by atoms with Gasteiger partial charge in [-0.15, -0.1) is 0 Å². The molecule has 3 rings (SSSR count). The normalized spacial score (nSPS) is 12.1. The molecule has 1 aromatic carbocycles. The number of nitrogens with zero attached hydrogens (tertiary/aromatic N) is 2. The zero-order chi connectivity index (χ0) is 19.8. The fourth-order valence-electron chi connectivity index (χ4n) is 2.84. The highest BCUT2D eigenvalue weighted by molar-refractivity contribution is 7.64. The molecule has 0 aliphatic heterocycles. The molecule has 0 unspecified atom stereocenters. The number of hydrogen-bond donors (Lipinski definition) is 3. The summed E-state index contributed by atoms with van der Waals surface area (Å²) >= 11 is 0. The molecule has 0 amide bonds. The maximum atomic E-state index is 14.2. The van der Waals surface area contributed by atoms with Gasteiger partial charge in [0.25, 0.3) is 0 Å². The van der Waals surface area contributed by atoms with E-state index in [0.717, 1.165) is 0 Å². The van der Waals surface area contributed by atoms with Crippen molar-refractivity contribution in [2.45, 2.75) is 6.18 Å². The lowest BCUT2D eigenvalue weighted by atomic mass is 10.1. The molecule has 0 spiro atoms. The molecule has 0 saturated carbocycles. The predicted octanol–water partition coefficient (Wildman–Crippen LogP) is 3.55. The Morgan fingerprint density at radius 2 is 2.00 bits per heavy atom. The predicted molar refractivity (Wildman–Crippen MR) is 98.3 cm³/mol. The molecule has 0 radical (unpaired) electrons. The van der Waals surface area contributed by atoms with Crippen LogP contribution in [0.15, 0.2) is 24.5 Å². The van der Waals surface area contributed by atoms with Gasteiger partial charge in [0, 0.05) is 35.2 Å². The van der Waals surface area contributed by atoms with Crippen molar-refractivity contribution in [1.29, 1.82) is 0 Å². The Hall–Kier alpha value is -2.25. The number of alkyl halides is 3. The molecule has 0 bridgehead atoms. The van der Waals surface area contributed by atoms with E-state index in [-0.39, 0.29) is 30.4 Å².